The van der Waals surface area contributed by atoms with Crippen LogP contribution in [-0.2, 0) is 12.8 Å². The monoisotopic (exact) mass is 281 g/mol. The normalized spacial score (nSPS) is 15.4. The molecule has 1 aliphatic heterocycles. The highest BCUT2D eigenvalue weighted by Crippen LogP contribution is 2.33. The van der Waals surface area contributed by atoms with E-state index in [4.69, 9.17) is 16.3 Å². The molecule has 0 spiro atoms. The Balaban J connectivity index is 1.93. The SMILES string of the molecule is CC(CCc1cc(Cl)cc2c1OCC2)CNC(C)C. The van der Waals surface area contributed by atoms with Crippen molar-refractivity contribution in [3.05, 3.63) is 28.3 Å². The van der Waals surface area contributed by atoms with Crippen molar-refractivity contribution >= 4 is 11.6 Å². The lowest BCUT2D eigenvalue weighted by molar-refractivity contribution is 0.351. The number of hydrogen-bond donors (Lipinski definition) is 1. The predicted molar refractivity (Wildman–Crippen MR) is 81.3 cm³/mol. The Morgan fingerprint density at radius 3 is 2.84 bits per heavy atom. The summed E-state index contributed by atoms with van der Waals surface area (Å²) in [5.41, 5.74) is 2.55. The first-order valence-corrected chi connectivity index (χ1v) is 7.61. The molecule has 19 heavy (non-hydrogen) atoms. The van der Waals surface area contributed by atoms with Crippen LogP contribution in [0.1, 0.15) is 38.3 Å². The minimum atomic E-state index is 0.557. The van der Waals surface area contributed by atoms with Gasteiger partial charge in [0, 0.05) is 17.5 Å². The molecule has 1 heterocycles. The molecule has 0 aliphatic carbocycles. The molecular weight excluding hydrogens is 258 g/mol. The van der Waals surface area contributed by atoms with Gasteiger partial charge in [-0.25, -0.2) is 0 Å². The molecule has 0 saturated heterocycles. The van der Waals surface area contributed by atoms with Crippen LogP contribution in [0.3, 0.4) is 0 Å². The van der Waals surface area contributed by atoms with Gasteiger partial charge < -0.3 is 10.1 Å². The van der Waals surface area contributed by atoms with Gasteiger partial charge in [-0.3, -0.25) is 0 Å². The largest absolute Gasteiger partial charge is 0.493 e. The van der Waals surface area contributed by atoms with Crippen molar-refractivity contribution in [2.24, 2.45) is 5.92 Å². The van der Waals surface area contributed by atoms with Crippen LogP contribution in [-0.4, -0.2) is 19.2 Å². The quantitative estimate of drug-likeness (QED) is 0.855. The maximum atomic E-state index is 6.18. The van der Waals surface area contributed by atoms with Gasteiger partial charge in [0.05, 0.1) is 6.61 Å². The van der Waals surface area contributed by atoms with Gasteiger partial charge in [-0.2, -0.15) is 0 Å². The van der Waals surface area contributed by atoms with Crippen LogP contribution < -0.4 is 10.1 Å². The number of aryl methyl sites for hydroxylation is 1. The second kappa shape index (κ2) is 6.62. The zero-order chi connectivity index (χ0) is 13.8. The van der Waals surface area contributed by atoms with E-state index < -0.39 is 0 Å². The zero-order valence-electron chi connectivity index (χ0n) is 12.1. The molecule has 106 valence electrons. The van der Waals surface area contributed by atoms with Gasteiger partial charge in [0.1, 0.15) is 5.75 Å². The Hall–Kier alpha value is -0.730. The molecule has 1 unspecified atom stereocenters. The Morgan fingerprint density at radius 1 is 1.32 bits per heavy atom. The van der Waals surface area contributed by atoms with Crippen LogP contribution in [0.5, 0.6) is 5.75 Å². The fourth-order valence-corrected chi connectivity index (χ4v) is 2.74. The van der Waals surface area contributed by atoms with Crippen LogP contribution in [0, 0.1) is 5.92 Å². The maximum absolute atomic E-state index is 6.18. The standard InChI is InChI=1S/C16H24ClNO/c1-11(2)18-10-12(3)4-5-13-8-15(17)9-14-6-7-19-16(13)14/h8-9,11-12,18H,4-7,10H2,1-3H3. The van der Waals surface area contributed by atoms with Gasteiger partial charge in [0.2, 0.25) is 0 Å². The molecule has 0 bridgehead atoms. The summed E-state index contributed by atoms with van der Waals surface area (Å²) in [4.78, 5) is 0. The van der Waals surface area contributed by atoms with E-state index in [1.807, 2.05) is 6.07 Å². The van der Waals surface area contributed by atoms with E-state index >= 15 is 0 Å². The summed E-state index contributed by atoms with van der Waals surface area (Å²) in [5, 5.41) is 4.33. The lowest BCUT2D eigenvalue weighted by atomic mass is 9.98. The van der Waals surface area contributed by atoms with Crippen LogP contribution in [0.4, 0.5) is 0 Å². The predicted octanol–water partition coefficient (Wildman–Crippen LogP) is 3.84. The Labute approximate surface area is 121 Å². The van der Waals surface area contributed by atoms with Gasteiger partial charge in [0.15, 0.2) is 0 Å². The third-order valence-electron chi connectivity index (χ3n) is 3.61. The molecule has 2 rings (SSSR count). The van der Waals surface area contributed by atoms with Crippen molar-refractivity contribution in [3.8, 4) is 5.75 Å². The molecule has 0 amide bonds. The highest BCUT2D eigenvalue weighted by atomic mass is 35.5. The molecule has 1 atom stereocenters. The number of hydrogen-bond acceptors (Lipinski definition) is 2. The average Bonchev–Trinajstić information content (AvgIpc) is 2.81. The van der Waals surface area contributed by atoms with E-state index in [2.05, 4.69) is 32.2 Å². The second-order valence-electron chi connectivity index (χ2n) is 5.86. The van der Waals surface area contributed by atoms with Crippen LogP contribution in [0.2, 0.25) is 5.02 Å². The van der Waals surface area contributed by atoms with Crippen molar-refractivity contribution in [1.82, 2.24) is 5.32 Å². The maximum Gasteiger partial charge on any atom is 0.125 e. The van der Waals surface area contributed by atoms with Crippen LogP contribution in [0.25, 0.3) is 0 Å². The van der Waals surface area contributed by atoms with Crippen molar-refractivity contribution < 1.29 is 4.74 Å². The summed E-state index contributed by atoms with van der Waals surface area (Å²) in [7, 11) is 0. The number of rotatable bonds is 6. The molecule has 0 aromatic heterocycles. The zero-order valence-corrected chi connectivity index (χ0v) is 12.9. The number of halogens is 1. The lowest BCUT2D eigenvalue weighted by Gasteiger charge is -2.16. The Bertz CT molecular complexity index is 431. The third kappa shape index (κ3) is 4.12. The van der Waals surface area contributed by atoms with Gasteiger partial charge >= 0.3 is 0 Å². The first kappa shape index (κ1) is 14.7. The molecule has 2 nitrogen and oxygen atoms in total. The molecule has 1 aliphatic rings. The van der Waals surface area contributed by atoms with Gasteiger partial charge in [-0.05, 0) is 48.6 Å². The average molecular weight is 282 g/mol. The van der Waals surface area contributed by atoms with E-state index in [0.717, 1.165) is 43.2 Å². The first-order chi connectivity index (χ1) is 9.06. The van der Waals surface area contributed by atoms with E-state index in [1.165, 1.54) is 11.1 Å². The van der Waals surface area contributed by atoms with E-state index in [9.17, 15) is 0 Å². The molecule has 0 radical (unpaired) electrons. The number of benzene rings is 1. The summed E-state index contributed by atoms with van der Waals surface area (Å²) in [5.74, 6) is 1.76. The van der Waals surface area contributed by atoms with E-state index in [1.54, 1.807) is 0 Å². The topological polar surface area (TPSA) is 21.3 Å². The third-order valence-corrected chi connectivity index (χ3v) is 3.82. The highest BCUT2D eigenvalue weighted by molar-refractivity contribution is 6.30. The smallest absolute Gasteiger partial charge is 0.125 e. The lowest BCUT2D eigenvalue weighted by Crippen LogP contribution is -2.28. The Morgan fingerprint density at radius 2 is 2.11 bits per heavy atom. The van der Waals surface area contributed by atoms with Crippen molar-refractivity contribution in [2.45, 2.75) is 46.1 Å². The highest BCUT2D eigenvalue weighted by Gasteiger charge is 2.17. The van der Waals surface area contributed by atoms with Crippen LogP contribution >= 0.6 is 11.6 Å². The summed E-state index contributed by atoms with van der Waals surface area (Å²) in [6.07, 6.45) is 3.20. The minimum absolute atomic E-state index is 0.557. The fraction of sp³-hybridized carbons (Fsp3) is 0.625. The van der Waals surface area contributed by atoms with Gasteiger partial charge in [0.25, 0.3) is 0 Å². The summed E-state index contributed by atoms with van der Waals surface area (Å²) < 4.78 is 5.74. The molecule has 3 heteroatoms. The Kier molecular flexibility index (Phi) is 5.12. The summed E-state index contributed by atoms with van der Waals surface area (Å²) in [6.45, 7) is 8.53. The van der Waals surface area contributed by atoms with Crippen molar-refractivity contribution in [3.63, 3.8) is 0 Å². The first-order valence-electron chi connectivity index (χ1n) is 7.23. The van der Waals surface area contributed by atoms with E-state index in [0.29, 0.717) is 12.0 Å². The molecular formula is C16H24ClNO. The molecule has 0 saturated carbocycles. The minimum Gasteiger partial charge on any atom is -0.493 e. The summed E-state index contributed by atoms with van der Waals surface area (Å²) >= 11 is 6.18. The molecule has 0 fully saturated rings. The molecule has 1 aromatic carbocycles. The van der Waals surface area contributed by atoms with Gasteiger partial charge in [-0.1, -0.05) is 32.4 Å². The fourth-order valence-electron chi connectivity index (χ4n) is 2.47. The van der Waals surface area contributed by atoms with Crippen molar-refractivity contribution in [1.29, 1.82) is 0 Å². The van der Waals surface area contributed by atoms with Crippen molar-refractivity contribution in [2.75, 3.05) is 13.2 Å². The molecule has 1 aromatic rings. The number of nitrogens with one attached hydrogen (secondary N) is 1. The molecule has 1 N–H and O–H groups in total. The van der Waals surface area contributed by atoms with E-state index in [-0.39, 0.29) is 0 Å². The second-order valence-corrected chi connectivity index (χ2v) is 6.29. The summed E-state index contributed by atoms with van der Waals surface area (Å²) in [6, 6.07) is 4.66. The number of ether oxygens (including phenoxy) is 1. The van der Waals surface area contributed by atoms with Crippen LogP contribution in [0.15, 0.2) is 12.1 Å². The van der Waals surface area contributed by atoms with Gasteiger partial charge in [-0.15, -0.1) is 0 Å². The number of fused-ring (bicyclic) bond motifs is 1.